The van der Waals surface area contributed by atoms with Crippen LogP contribution in [0.4, 0.5) is 0 Å². The Balaban J connectivity index is 2.36. The molecule has 2 aromatic rings. The smallest absolute Gasteiger partial charge is 0.270 e. The second-order valence-electron chi connectivity index (χ2n) is 3.76. The highest BCUT2D eigenvalue weighted by atomic mass is 79.9. The maximum atomic E-state index is 12.2. The van der Waals surface area contributed by atoms with Crippen LogP contribution in [0.3, 0.4) is 0 Å². The second-order valence-corrected chi connectivity index (χ2v) is 8.02. The van der Waals surface area contributed by atoms with Crippen LogP contribution in [0.15, 0.2) is 39.9 Å². The molecule has 0 N–H and O–H groups in total. The van der Waals surface area contributed by atoms with Gasteiger partial charge in [-0.15, -0.1) is 11.3 Å². The Kier molecular flexibility index (Phi) is 4.45. The summed E-state index contributed by atoms with van der Waals surface area (Å²) in [6.45, 7) is 0. The molecule has 19 heavy (non-hydrogen) atoms. The molecule has 0 spiro atoms. The average Bonchev–Trinajstić information content (AvgIpc) is 2.87. The van der Waals surface area contributed by atoms with E-state index in [0.29, 0.717) is 16.5 Å². The van der Waals surface area contributed by atoms with Gasteiger partial charge in [0.25, 0.3) is 9.05 Å². The SMILES string of the molecule is O=C(c1cccc(CBr)c1)c1csc(S(=O)(=O)Cl)c1. The van der Waals surface area contributed by atoms with Gasteiger partial charge >= 0.3 is 0 Å². The number of hydrogen-bond donors (Lipinski definition) is 0. The molecule has 0 aliphatic rings. The van der Waals surface area contributed by atoms with Crippen LogP contribution < -0.4 is 0 Å². The highest BCUT2D eigenvalue weighted by Crippen LogP contribution is 2.25. The molecule has 7 heteroatoms. The number of benzene rings is 1. The molecule has 0 aliphatic carbocycles. The molecule has 3 nitrogen and oxygen atoms in total. The third-order valence-electron chi connectivity index (χ3n) is 2.42. The lowest BCUT2D eigenvalue weighted by molar-refractivity contribution is 0.103. The van der Waals surface area contributed by atoms with Crippen molar-refractivity contribution in [3.63, 3.8) is 0 Å². The molecule has 0 saturated heterocycles. The van der Waals surface area contributed by atoms with Crippen molar-refractivity contribution in [3.8, 4) is 0 Å². The molecular formula is C12H8BrClO3S2. The molecule has 1 heterocycles. The summed E-state index contributed by atoms with van der Waals surface area (Å²) < 4.78 is 22.3. The summed E-state index contributed by atoms with van der Waals surface area (Å²) >= 11 is 4.26. The van der Waals surface area contributed by atoms with Crippen molar-refractivity contribution in [2.45, 2.75) is 9.54 Å². The number of halogens is 2. The molecule has 0 atom stereocenters. The van der Waals surface area contributed by atoms with Crippen molar-refractivity contribution in [2.75, 3.05) is 0 Å². The van der Waals surface area contributed by atoms with Gasteiger partial charge in [-0.1, -0.05) is 34.1 Å². The molecule has 0 aliphatic heterocycles. The third kappa shape index (κ3) is 3.45. The number of thiophene rings is 1. The lowest BCUT2D eigenvalue weighted by atomic mass is 10.0. The molecule has 0 unspecified atom stereocenters. The van der Waals surface area contributed by atoms with Gasteiger partial charge in [0, 0.05) is 32.5 Å². The summed E-state index contributed by atoms with van der Waals surface area (Å²) in [6.07, 6.45) is 0. The summed E-state index contributed by atoms with van der Waals surface area (Å²) in [5.41, 5.74) is 1.83. The number of ketones is 1. The minimum atomic E-state index is -3.78. The van der Waals surface area contributed by atoms with Gasteiger partial charge in [-0.2, -0.15) is 0 Å². The van der Waals surface area contributed by atoms with Gasteiger partial charge < -0.3 is 0 Å². The number of rotatable bonds is 4. The van der Waals surface area contributed by atoms with Crippen molar-refractivity contribution in [3.05, 3.63) is 52.4 Å². The topological polar surface area (TPSA) is 51.2 Å². The van der Waals surface area contributed by atoms with Gasteiger partial charge in [0.15, 0.2) is 5.78 Å². The number of hydrogen-bond acceptors (Lipinski definition) is 4. The number of carbonyl (C=O) groups excluding carboxylic acids is 1. The van der Waals surface area contributed by atoms with E-state index in [2.05, 4.69) is 15.9 Å². The Morgan fingerprint density at radius 1 is 1.26 bits per heavy atom. The van der Waals surface area contributed by atoms with Crippen LogP contribution in [0, 0.1) is 0 Å². The average molecular weight is 380 g/mol. The Morgan fingerprint density at radius 2 is 2.00 bits per heavy atom. The fourth-order valence-corrected chi connectivity index (χ4v) is 3.82. The first-order valence-corrected chi connectivity index (χ1v) is 9.45. The van der Waals surface area contributed by atoms with E-state index in [1.54, 1.807) is 18.2 Å². The Bertz CT molecular complexity index is 722. The van der Waals surface area contributed by atoms with E-state index in [-0.39, 0.29) is 9.99 Å². The highest BCUT2D eigenvalue weighted by molar-refractivity contribution is 9.08. The first-order valence-electron chi connectivity index (χ1n) is 5.14. The van der Waals surface area contributed by atoms with Gasteiger partial charge in [-0.05, 0) is 17.7 Å². The van der Waals surface area contributed by atoms with Gasteiger partial charge in [0.05, 0.1) is 0 Å². The van der Waals surface area contributed by atoms with Crippen LogP contribution in [-0.4, -0.2) is 14.2 Å². The van der Waals surface area contributed by atoms with E-state index in [1.807, 2.05) is 6.07 Å². The monoisotopic (exact) mass is 378 g/mol. The molecule has 1 aromatic heterocycles. The maximum absolute atomic E-state index is 12.2. The van der Waals surface area contributed by atoms with Crippen LogP contribution in [0.25, 0.3) is 0 Å². The van der Waals surface area contributed by atoms with Crippen LogP contribution in [0.5, 0.6) is 0 Å². The van der Waals surface area contributed by atoms with E-state index >= 15 is 0 Å². The lowest BCUT2D eigenvalue weighted by Gasteiger charge is -2.00. The summed E-state index contributed by atoms with van der Waals surface area (Å²) in [5.74, 6) is -0.217. The number of alkyl halides is 1. The fourth-order valence-electron chi connectivity index (χ4n) is 1.53. The third-order valence-corrected chi connectivity index (χ3v) is 6.11. The van der Waals surface area contributed by atoms with E-state index < -0.39 is 9.05 Å². The molecule has 2 rings (SSSR count). The van der Waals surface area contributed by atoms with Crippen LogP contribution >= 0.6 is 37.9 Å². The van der Waals surface area contributed by atoms with Gasteiger partial charge in [0.2, 0.25) is 0 Å². The van der Waals surface area contributed by atoms with Crippen molar-refractivity contribution >= 4 is 52.8 Å². The first kappa shape index (κ1) is 14.7. The standard InChI is InChI=1S/C12H8BrClO3S2/c13-6-8-2-1-3-9(4-8)12(15)10-5-11(18-7-10)19(14,16)17/h1-5,7H,6H2. The zero-order valence-corrected chi connectivity index (χ0v) is 13.4. The minimum absolute atomic E-state index is 0.0193. The van der Waals surface area contributed by atoms with Gasteiger partial charge in [0.1, 0.15) is 4.21 Å². The quantitative estimate of drug-likeness (QED) is 0.461. The van der Waals surface area contributed by atoms with Gasteiger partial charge in [-0.3, -0.25) is 4.79 Å². The predicted molar refractivity (Wildman–Crippen MR) is 79.9 cm³/mol. The molecule has 100 valence electrons. The summed E-state index contributed by atoms with van der Waals surface area (Å²) in [4.78, 5) is 12.2. The Morgan fingerprint density at radius 3 is 2.58 bits per heavy atom. The van der Waals surface area contributed by atoms with Crippen LogP contribution in [0.1, 0.15) is 21.5 Å². The minimum Gasteiger partial charge on any atom is -0.289 e. The van der Waals surface area contributed by atoms with E-state index in [1.165, 1.54) is 11.4 Å². The molecule has 0 radical (unpaired) electrons. The van der Waals surface area contributed by atoms with E-state index in [9.17, 15) is 13.2 Å². The molecular weight excluding hydrogens is 372 g/mol. The van der Waals surface area contributed by atoms with E-state index in [4.69, 9.17) is 10.7 Å². The van der Waals surface area contributed by atoms with Crippen molar-refractivity contribution in [1.29, 1.82) is 0 Å². The molecule has 0 amide bonds. The highest BCUT2D eigenvalue weighted by Gasteiger charge is 2.17. The molecule has 0 bridgehead atoms. The van der Waals surface area contributed by atoms with Crippen LogP contribution in [0.2, 0.25) is 0 Å². The van der Waals surface area contributed by atoms with E-state index in [0.717, 1.165) is 16.9 Å². The Labute approximate surface area is 127 Å². The van der Waals surface area contributed by atoms with Gasteiger partial charge in [-0.25, -0.2) is 8.42 Å². The maximum Gasteiger partial charge on any atom is 0.270 e. The normalized spacial score (nSPS) is 11.5. The largest absolute Gasteiger partial charge is 0.289 e. The fraction of sp³-hybridized carbons (Fsp3) is 0.0833. The van der Waals surface area contributed by atoms with Crippen molar-refractivity contribution in [1.82, 2.24) is 0 Å². The van der Waals surface area contributed by atoms with Crippen molar-refractivity contribution < 1.29 is 13.2 Å². The summed E-state index contributed by atoms with van der Waals surface area (Å²) in [5, 5.41) is 2.15. The molecule has 0 saturated carbocycles. The predicted octanol–water partition coefficient (Wildman–Crippen LogP) is 3.80. The molecule has 0 fully saturated rings. The van der Waals surface area contributed by atoms with Crippen molar-refractivity contribution in [2.24, 2.45) is 0 Å². The molecule has 1 aromatic carbocycles. The number of carbonyl (C=O) groups is 1. The zero-order chi connectivity index (χ0) is 14.0. The van der Waals surface area contributed by atoms with Crippen LogP contribution in [-0.2, 0) is 14.4 Å². The Hall–Kier alpha value is -0.690. The summed E-state index contributed by atoms with van der Waals surface area (Å²) in [7, 11) is 1.46. The zero-order valence-electron chi connectivity index (χ0n) is 9.47. The summed E-state index contributed by atoms with van der Waals surface area (Å²) in [6, 6.07) is 8.45. The lowest BCUT2D eigenvalue weighted by Crippen LogP contribution is -2.00. The second kappa shape index (κ2) is 5.75. The first-order chi connectivity index (χ1) is 8.91.